The lowest BCUT2D eigenvalue weighted by molar-refractivity contribution is -0.0690. The summed E-state index contributed by atoms with van der Waals surface area (Å²) in [6, 6.07) is 5.77. The van der Waals surface area contributed by atoms with Crippen LogP contribution >= 0.6 is 0 Å². The maximum atomic E-state index is 12.3. The number of rotatable bonds is 2. The van der Waals surface area contributed by atoms with Crippen LogP contribution in [0.4, 0.5) is 0 Å². The first-order chi connectivity index (χ1) is 9.39. The van der Waals surface area contributed by atoms with E-state index in [0.717, 1.165) is 11.3 Å². The maximum absolute atomic E-state index is 12.3. The molecule has 5 heteroatoms. The number of pyridine rings is 1. The molecule has 0 radical (unpaired) electrons. The minimum Gasteiger partial charge on any atom is -0.392 e. The zero-order valence-corrected chi connectivity index (χ0v) is 11.9. The summed E-state index contributed by atoms with van der Waals surface area (Å²) in [6.45, 7) is 5.89. The highest BCUT2D eigenvalue weighted by molar-refractivity contribution is 5.93. The van der Waals surface area contributed by atoms with Crippen LogP contribution in [0.3, 0.4) is 0 Å². The number of fused-ring (bicyclic) bond motifs is 1. The number of carbonyl (C=O) groups excluding carboxylic acids is 1. The van der Waals surface area contributed by atoms with Crippen LogP contribution in [0, 0.1) is 12.3 Å². The van der Waals surface area contributed by atoms with Crippen molar-refractivity contribution in [1.29, 1.82) is 0 Å². The molecular formula is C15H19N3O2. The van der Waals surface area contributed by atoms with E-state index in [9.17, 15) is 9.90 Å². The maximum Gasteiger partial charge on any atom is 0.271 e. The Morgan fingerprint density at radius 2 is 2.25 bits per heavy atom. The van der Waals surface area contributed by atoms with Crippen molar-refractivity contribution < 1.29 is 9.90 Å². The van der Waals surface area contributed by atoms with E-state index < -0.39 is 0 Å². The Morgan fingerprint density at radius 3 is 2.85 bits per heavy atom. The van der Waals surface area contributed by atoms with E-state index in [1.807, 2.05) is 43.4 Å². The van der Waals surface area contributed by atoms with E-state index in [0.29, 0.717) is 12.1 Å². The molecule has 0 aliphatic heterocycles. The quantitative estimate of drug-likeness (QED) is 0.872. The second-order valence-corrected chi connectivity index (χ2v) is 6.12. The van der Waals surface area contributed by atoms with Crippen LogP contribution in [0.2, 0.25) is 0 Å². The van der Waals surface area contributed by atoms with Gasteiger partial charge in [-0.2, -0.15) is 0 Å². The van der Waals surface area contributed by atoms with Crippen molar-refractivity contribution >= 4 is 11.6 Å². The topological polar surface area (TPSA) is 66.6 Å². The molecule has 2 unspecified atom stereocenters. The number of nitrogens with zero attached hydrogens (tertiary/aromatic N) is 2. The molecule has 2 atom stereocenters. The Kier molecular flexibility index (Phi) is 2.83. The van der Waals surface area contributed by atoms with E-state index in [1.165, 1.54) is 0 Å². The zero-order chi connectivity index (χ0) is 14.5. The van der Waals surface area contributed by atoms with Crippen molar-refractivity contribution in [3.05, 3.63) is 35.8 Å². The summed E-state index contributed by atoms with van der Waals surface area (Å²) in [4.78, 5) is 16.6. The molecule has 1 amide bonds. The van der Waals surface area contributed by atoms with Gasteiger partial charge in [-0.05, 0) is 25.5 Å². The molecular weight excluding hydrogens is 254 g/mol. The average Bonchev–Trinajstić information content (AvgIpc) is 2.84. The average molecular weight is 273 g/mol. The molecule has 0 aromatic carbocycles. The van der Waals surface area contributed by atoms with Gasteiger partial charge in [0.1, 0.15) is 11.3 Å². The minimum atomic E-state index is -0.351. The van der Waals surface area contributed by atoms with Gasteiger partial charge in [-0.3, -0.25) is 4.79 Å². The zero-order valence-electron chi connectivity index (χ0n) is 11.9. The number of hydrogen-bond donors (Lipinski definition) is 2. The number of aromatic nitrogens is 2. The highest BCUT2D eigenvalue weighted by atomic mass is 16.3. The molecule has 3 rings (SSSR count). The number of carbonyl (C=O) groups is 1. The van der Waals surface area contributed by atoms with Gasteiger partial charge in [-0.25, -0.2) is 4.98 Å². The molecule has 20 heavy (non-hydrogen) atoms. The van der Waals surface area contributed by atoms with E-state index in [1.54, 1.807) is 6.20 Å². The molecule has 0 spiro atoms. The number of imidazole rings is 1. The van der Waals surface area contributed by atoms with Crippen molar-refractivity contribution in [1.82, 2.24) is 14.7 Å². The third kappa shape index (κ3) is 1.89. The van der Waals surface area contributed by atoms with Crippen LogP contribution in [-0.4, -0.2) is 32.5 Å². The van der Waals surface area contributed by atoms with Crippen LogP contribution < -0.4 is 5.32 Å². The fourth-order valence-electron chi connectivity index (χ4n) is 2.64. The molecule has 1 fully saturated rings. The standard InChI is InChI=1S/C15H19N3O2/c1-9-5-4-6-13-16-10(8-18(9)13)14(20)17-11-7-12(19)15(11,2)3/h4-6,8,11-12,19H,7H2,1-3H3,(H,17,20). The van der Waals surface area contributed by atoms with Crippen molar-refractivity contribution in [3.63, 3.8) is 0 Å². The van der Waals surface area contributed by atoms with Gasteiger partial charge in [-0.1, -0.05) is 19.9 Å². The first-order valence-corrected chi connectivity index (χ1v) is 6.83. The largest absolute Gasteiger partial charge is 0.392 e. The van der Waals surface area contributed by atoms with Crippen LogP contribution in [-0.2, 0) is 0 Å². The van der Waals surface area contributed by atoms with E-state index >= 15 is 0 Å². The smallest absolute Gasteiger partial charge is 0.271 e. The molecule has 1 aliphatic rings. The summed E-state index contributed by atoms with van der Waals surface area (Å²) >= 11 is 0. The number of amides is 1. The van der Waals surface area contributed by atoms with Gasteiger partial charge in [-0.15, -0.1) is 0 Å². The molecule has 1 aliphatic carbocycles. The highest BCUT2D eigenvalue weighted by Crippen LogP contribution is 2.40. The Balaban J connectivity index is 1.81. The molecule has 1 saturated carbocycles. The predicted octanol–water partition coefficient (Wildman–Crippen LogP) is 1.53. The molecule has 2 aromatic rings. The van der Waals surface area contributed by atoms with Gasteiger partial charge in [0, 0.05) is 23.3 Å². The Labute approximate surface area is 117 Å². The number of aliphatic hydroxyl groups is 1. The van der Waals surface area contributed by atoms with Gasteiger partial charge in [0.2, 0.25) is 0 Å². The van der Waals surface area contributed by atoms with E-state index in [2.05, 4.69) is 10.3 Å². The first kappa shape index (κ1) is 13.1. The van der Waals surface area contributed by atoms with Crippen LogP contribution in [0.5, 0.6) is 0 Å². The summed E-state index contributed by atoms with van der Waals surface area (Å²) in [6.07, 6.45) is 2.00. The third-order valence-corrected chi connectivity index (χ3v) is 4.45. The summed E-state index contributed by atoms with van der Waals surface area (Å²) in [5.74, 6) is -0.182. The SMILES string of the molecule is Cc1cccc2nc(C(=O)NC3CC(O)C3(C)C)cn12. The molecule has 0 saturated heterocycles. The van der Waals surface area contributed by atoms with Gasteiger partial charge in [0.25, 0.3) is 5.91 Å². The molecule has 106 valence electrons. The summed E-state index contributed by atoms with van der Waals surface area (Å²) in [5.41, 5.74) is 1.94. The van der Waals surface area contributed by atoms with Gasteiger partial charge in [0.05, 0.1) is 6.10 Å². The summed E-state index contributed by atoms with van der Waals surface area (Å²) in [5, 5.41) is 12.7. The minimum absolute atomic E-state index is 0.00379. The number of hydrogen-bond acceptors (Lipinski definition) is 3. The molecule has 5 nitrogen and oxygen atoms in total. The monoisotopic (exact) mass is 273 g/mol. The van der Waals surface area contributed by atoms with Crippen molar-refractivity contribution in [3.8, 4) is 0 Å². The second kappa shape index (κ2) is 4.31. The van der Waals surface area contributed by atoms with Gasteiger partial charge < -0.3 is 14.8 Å². The fraction of sp³-hybridized carbons (Fsp3) is 0.467. The van der Waals surface area contributed by atoms with Gasteiger partial charge >= 0.3 is 0 Å². The fourth-order valence-corrected chi connectivity index (χ4v) is 2.64. The highest BCUT2D eigenvalue weighted by Gasteiger charge is 2.48. The Hall–Kier alpha value is -1.88. The lowest BCUT2D eigenvalue weighted by Crippen LogP contribution is -2.61. The second-order valence-electron chi connectivity index (χ2n) is 6.12. The number of aryl methyl sites for hydroxylation is 1. The van der Waals surface area contributed by atoms with E-state index in [4.69, 9.17) is 0 Å². The number of nitrogens with one attached hydrogen (secondary N) is 1. The number of aliphatic hydroxyl groups excluding tert-OH is 1. The Bertz CT molecular complexity index is 675. The Morgan fingerprint density at radius 1 is 1.50 bits per heavy atom. The van der Waals surface area contributed by atoms with E-state index in [-0.39, 0.29) is 23.5 Å². The first-order valence-electron chi connectivity index (χ1n) is 6.83. The van der Waals surface area contributed by atoms with Crippen molar-refractivity contribution in [2.24, 2.45) is 5.41 Å². The lowest BCUT2D eigenvalue weighted by Gasteiger charge is -2.49. The summed E-state index contributed by atoms with van der Waals surface area (Å²) < 4.78 is 1.90. The van der Waals surface area contributed by atoms with Crippen molar-refractivity contribution in [2.45, 2.75) is 39.3 Å². The van der Waals surface area contributed by atoms with Gasteiger partial charge in [0.15, 0.2) is 0 Å². The molecule has 2 aromatic heterocycles. The normalized spacial score (nSPS) is 24.4. The van der Waals surface area contributed by atoms with Crippen LogP contribution in [0.1, 0.15) is 36.5 Å². The third-order valence-electron chi connectivity index (χ3n) is 4.45. The summed E-state index contributed by atoms with van der Waals surface area (Å²) in [7, 11) is 0. The van der Waals surface area contributed by atoms with Crippen molar-refractivity contribution in [2.75, 3.05) is 0 Å². The molecule has 2 N–H and O–H groups in total. The lowest BCUT2D eigenvalue weighted by atomic mass is 9.64. The van der Waals surface area contributed by atoms with Crippen LogP contribution in [0.25, 0.3) is 5.65 Å². The predicted molar refractivity (Wildman–Crippen MR) is 75.6 cm³/mol. The van der Waals surface area contributed by atoms with Crippen LogP contribution in [0.15, 0.2) is 24.4 Å². The molecule has 2 heterocycles. The molecule has 0 bridgehead atoms.